The summed E-state index contributed by atoms with van der Waals surface area (Å²) >= 11 is 0. The van der Waals surface area contributed by atoms with Gasteiger partial charge in [0.15, 0.2) is 0 Å². The van der Waals surface area contributed by atoms with Crippen LogP contribution in [0.1, 0.15) is 26.7 Å². The van der Waals surface area contributed by atoms with Crippen molar-refractivity contribution in [2.45, 2.75) is 32.7 Å². The number of benzene rings is 1. The van der Waals surface area contributed by atoms with Crippen LogP contribution >= 0.6 is 0 Å². The fourth-order valence-corrected chi connectivity index (χ4v) is 2.54. The van der Waals surface area contributed by atoms with Gasteiger partial charge in [-0.2, -0.15) is 0 Å². The van der Waals surface area contributed by atoms with Crippen molar-refractivity contribution in [1.82, 2.24) is 5.32 Å². The molecule has 0 amide bonds. The van der Waals surface area contributed by atoms with Gasteiger partial charge >= 0.3 is 0 Å². The number of nitrogens with zero attached hydrogens (tertiary/aromatic N) is 1. The first kappa shape index (κ1) is 13.2. The van der Waals surface area contributed by atoms with E-state index in [0.29, 0.717) is 6.04 Å². The Balaban J connectivity index is 2.03. The van der Waals surface area contributed by atoms with Crippen molar-refractivity contribution in [2.24, 2.45) is 0 Å². The average molecular weight is 248 g/mol. The summed E-state index contributed by atoms with van der Waals surface area (Å²) in [6.07, 6.45) is 2.49. The summed E-state index contributed by atoms with van der Waals surface area (Å²) < 4.78 is 5.57. The number of hydrogen-bond donors (Lipinski definition) is 1. The van der Waals surface area contributed by atoms with Crippen LogP contribution in [-0.2, 0) is 0 Å². The second kappa shape index (κ2) is 6.64. The third kappa shape index (κ3) is 3.39. The molecule has 3 heteroatoms. The van der Waals surface area contributed by atoms with Crippen molar-refractivity contribution >= 4 is 5.69 Å². The van der Waals surface area contributed by atoms with Crippen LogP contribution in [0.25, 0.3) is 0 Å². The number of piperazine rings is 1. The van der Waals surface area contributed by atoms with Gasteiger partial charge in [0, 0.05) is 37.4 Å². The van der Waals surface area contributed by atoms with E-state index in [2.05, 4.69) is 35.3 Å². The summed E-state index contributed by atoms with van der Waals surface area (Å²) in [4.78, 5) is 2.46. The van der Waals surface area contributed by atoms with E-state index in [1.807, 2.05) is 13.0 Å². The fourth-order valence-electron chi connectivity index (χ4n) is 2.54. The highest BCUT2D eigenvalue weighted by Crippen LogP contribution is 2.22. The standard InChI is InChI=1S/C15H24N2O/c1-3-6-13-12-17(10-9-16-13)14-7-5-8-15(11-14)18-4-2/h5,7-8,11,13,16H,3-4,6,9-10,12H2,1-2H3. The molecule has 3 nitrogen and oxygen atoms in total. The van der Waals surface area contributed by atoms with E-state index in [-0.39, 0.29) is 0 Å². The van der Waals surface area contributed by atoms with Crippen LogP contribution in [0.5, 0.6) is 5.75 Å². The molecular weight excluding hydrogens is 224 g/mol. The van der Waals surface area contributed by atoms with Crippen LogP contribution in [0, 0.1) is 0 Å². The summed E-state index contributed by atoms with van der Waals surface area (Å²) in [6, 6.07) is 9.06. The maximum absolute atomic E-state index is 5.57. The maximum atomic E-state index is 5.57. The molecule has 1 saturated heterocycles. The van der Waals surface area contributed by atoms with Gasteiger partial charge in [0.2, 0.25) is 0 Å². The average Bonchev–Trinajstić information content (AvgIpc) is 2.40. The number of nitrogens with one attached hydrogen (secondary N) is 1. The van der Waals surface area contributed by atoms with Crippen LogP contribution in [-0.4, -0.2) is 32.3 Å². The molecule has 1 heterocycles. The molecule has 1 N–H and O–H groups in total. The lowest BCUT2D eigenvalue weighted by Crippen LogP contribution is -2.50. The quantitative estimate of drug-likeness (QED) is 0.867. The molecule has 2 rings (SSSR count). The Hall–Kier alpha value is -1.22. The van der Waals surface area contributed by atoms with E-state index in [9.17, 15) is 0 Å². The Kier molecular flexibility index (Phi) is 4.88. The Morgan fingerprint density at radius 2 is 2.28 bits per heavy atom. The molecule has 100 valence electrons. The van der Waals surface area contributed by atoms with Gasteiger partial charge in [0.25, 0.3) is 0 Å². The minimum Gasteiger partial charge on any atom is -0.494 e. The molecule has 0 saturated carbocycles. The Labute approximate surface area is 110 Å². The lowest BCUT2D eigenvalue weighted by Gasteiger charge is -2.35. The molecule has 1 fully saturated rings. The molecule has 0 radical (unpaired) electrons. The third-order valence-corrected chi connectivity index (χ3v) is 3.39. The first-order valence-electron chi connectivity index (χ1n) is 7.04. The smallest absolute Gasteiger partial charge is 0.121 e. The molecule has 1 aliphatic heterocycles. The fraction of sp³-hybridized carbons (Fsp3) is 0.600. The van der Waals surface area contributed by atoms with Crippen molar-refractivity contribution in [3.05, 3.63) is 24.3 Å². The van der Waals surface area contributed by atoms with Crippen molar-refractivity contribution in [1.29, 1.82) is 0 Å². The third-order valence-electron chi connectivity index (χ3n) is 3.39. The summed E-state index contributed by atoms with van der Waals surface area (Å²) in [5, 5.41) is 3.59. The monoisotopic (exact) mass is 248 g/mol. The van der Waals surface area contributed by atoms with Crippen LogP contribution in [0.3, 0.4) is 0 Å². The molecule has 0 bridgehead atoms. The number of ether oxygens (including phenoxy) is 1. The summed E-state index contributed by atoms with van der Waals surface area (Å²) in [6.45, 7) is 8.25. The van der Waals surface area contributed by atoms with Crippen LogP contribution < -0.4 is 15.0 Å². The molecule has 1 aliphatic rings. The molecular formula is C15H24N2O. The van der Waals surface area contributed by atoms with Gasteiger partial charge in [-0.25, -0.2) is 0 Å². The Morgan fingerprint density at radius 3 is 3.06 bits per heavy atom. The van der Waals surface area contributed by atoms with Crippen molar-refractivity contribution < 1.29 is 4.74 Å². The van der Waals surface area contributed by atoms with Gasteiger partial charge in [-0.05, 0) is 25.5 Å². The highest BCUT2D eigenvalue weighted by Gasteiger charge is 2.18. The molecule has 1 aromatic carbocycles. The van der Waals surface area contributed by atoms with Gasteiger partial charge in [0.05, 0.1) is 6.61 Å². The van der Waals surface area contributed by atoms with E-state index >= 15 is 0 Å². The molecule has 1 atom stereocenters. The largest absolute Gasteiger partial charge is 0.494 e. The molecule has 0 spiro atoms. The lowest BCUT2D eigenvalue weighted by atomic mass is 10.1. The van der Waals surface area contributed by atoms with Crippen LogP contribution in [0.15, 0.2) is 24.3 Å². The number of anilines is 1. The van der Waals surface area contributed by atoms with E-state index < -0.39 is 0 Å². The lowest BCUT2D eigenvalue weighted by molar-refractivity contribution is 0.340. The minimum atomic E-state index is 0.625. The second-order valence-corrected chi connectivity index (χ2v) is 4.82. The highest BCUT2D eigenvalue weighted by atomic mass is 16.5. The van der Waals surface area contributed by atoms with Gasteiger partial charge in [-0.15, -0.1) is 0 Å². The molecule has 0 aromatic heterocycles. The minimum absolute atomic E-state index is 0.625. The molecule has 0 aliphatic carbocycles. The van der Waals surface area contributed by atoms with Crippen LogP contribution in [0.4, 0.5) is 5.69 Å². The number of hydrogen-bond acceptors (Lipinski definition) is 3. The molecule has 18 heavy (non-hydrogen) atoms. The first-order chi connectivity index (χ1) is 8.83. The van der Waals surface area contributed by atoms with E-state index in [0.717, 1.165) is 32.0 Å². The predicted molar refractivity (Wildman–Crippen MR) is 76.5 cm³/mol. The topological polar surface area (TPSA) is 24.5 Å². The van der Waals surface area contributed by atoms with Crippen molar-refractivity contribution in [2.75, 3.05) is 31.1 Å². The normalized spacial score (nSPS) is 19.9. The van der Waals surface area contributed by atoms with Crippen molar-refractivity contribution in [3.63, 3.8) is 0 Å². The van der Waals surface area contributed by atoms with Crippen molar-refractivity contribution in [3.8, 4) is 5.75 Å². The van der Waals surface area contributed by atoms with Gasteiger partial charge in [-0.1, -0.05) is 19.4 Å². The van der Waals surface area contributed by atoms with Gasteiger partial charge in [0.1, 0.15) is 5.75 Å². The zero-order chi connectivity index (χ0) is 12.8. The van der Waals surface area contributed by atoms with E-state index in [4.69, 9.17) is 4.74 Å². The summed E-state index contributed by atoms with van der Waals surface area (Å²) in [7, 11) is 0. The van der Waals surface area contributed by atoms with Gasteiger partial charge in [-0.3, -0.25) is 0 Å². The summed E-state index contributed by atoms with van der Waals surface area (Å²) in [5.74, 6) is 0.973. The summed E-state index contributed by atoms with van der Waals surface area (Å²) in [5.41, 5.74) is 1.28. The zero-order valence-electron chi connectivity index (χ0n) is 11.5. The van der Waals surface area contributed by atoms with Gasteiger partial charge < -0.3 is 15.0 Å². The zero-order valence-corrected chi connectivity index (χ0v) is 11.5. The van der Waals surface area contributed by atoms with E-state index in [1.54, 1.807) is 0 Å². The Bertz CT molecular complexity index is 365. The Morgan fingerprint density at radius 1 is 1.39 bits per heavy atom. The second-order valence-electron chi connectivity index (χ2n) is 4.82. The molecule has 1 aromatic rings. The SMILES string of the molecule is CCCC1CN(c2cccc(OCC)c2)CCN1. The molecule has 1 unspecified atom stereocenters. The highest BCUT2D eigenvalue weighted by molar-refractivity contribution is 5.51. The van der Waals surface area contributed by atoms with Crippen LogP contribution in [0.2, 0.25) is 0 Å². The first-order valence-corrected chi connectivity index (χ1v) is 7.04. The van der Waals surface area contributed by atoms with E-state index in [1.165, 1.54) is 18.5 Å². The maximum Gasteiger partial charge on any atom is 0.121 e. The predicted octanol–water partition coefficient (Wildman–Crippen LogP) is 2.66. The number of rotatable bonds is 5.